The van der Waals surface area contributed by atoms with Gasteiger partial charge >= 0.3 is 0 Å². The van der Waals surface area contributed by atoms with Crippen LogP contribution in [-0.2, 0) is 4.79 Å². The number of hydrogen-bond donors (Lipinski definition) is 1. The summed E-state index contributed by atoms with van der Waals surface area (Å²) in [4.78, 5) is 14.6. The zero-order valence-corrected chi connectivity index (χ0v) is 14.1. The Labute approximate surface area is 143 Å². The normalized spacial score (nSPS) is 22.0. The molecule has 0 aromatic heterocycles. The molecule has 1 aromatic rings. The van der Waals surface area contributed by atoms with E-state index in [1.54, 1.807) is 0 Å². The van der Waals surface area contributed by atoms with E-state index in [-0.39, 0.29) is 17.9 Å². The molecule has 4 rings (SSSR count). The third-order valence-corrected chi connectivity index (χ3v) is 5.28. The van der Waals surface area contributed by atoms with Crippen molar-refractivity contribution >= 4 is 5.91 Å². The van der Waals surface area contributed by atoms with Crippen molar-refractivity contribution in [3.8, 4) is 11.5 Å². The lowest BCUT2D eigenvalue weighted by Gasteiger charge is -2.31. The maximum atomic E-state index is 12.1. The molecule has 1 atom stereocenters. The Bertz CT molecular complexity index is 592. The number of carbonyl (C=O) groups excluding carboxylic acids is 1. The van der Waals surface area contributed by atoms with Crippen molar-refractivity contribution in [1.82, 2.24) is 10.2 Å². The second-order valence-electron chi connectivity index (χ2n) is 7.10. The van der Waals surface area contributed by atoms with Crippen LogP contribution in [0.15, 0.2) is 18.2 Å². The monoisotopic (exact) mass is 330 g/mol. The summed E-state index contributed by atoms with van der Waals surface area (Å²) in [5, 5.41) is 3.18. The summed E-state index contributed by atoms with van der Waals surface area (Å²) < 4.78 is 11.0. The molecule has 2 heterocycles. The number of benzene rings is 1. The molecule has 1 aromatic carbocycles. The zero-order valence-electron chi connectivity index (χ0n) is 14.1. The average molecular weight is 330 g/mol. The van der Waals surface area contributed by atoms with Crippen LogP contribution < -0.4 is 14.8 Å². The Hall–Kier alpha value is -1.75. The van der Waals surface area contributed by atoms with Crippen molar-refractivity contribution in [3.05, 3.63) is 23.8 Å². The molecule has 1 unspecified atom stereocenters. The molecule has 2 fully saturated rings. The van der Waals surface area contributed by atoms with Gasteiger partial charge in [-0.05, 0) is 56.5 Å². The van der Waals surface area contributed by atoms with Gasteiger partial charge in [0.15, 0.2) is 11.5 Å². The van der Waals surface area contributed by atoms with Crippen LogP contribution in [0, 0.1) is 5.92 Å². The third kappa shape index (κ3) is 3.51. The van der Waals surface area contributed by atoms with Gasteiger partial charge in [0.25, 0.3) is 0 Å². The lowest BCUT2D eigenvalue weighted by Crippen LogP contribution is -2.39. The number of nitrogens with one attached hydrogen (secondary N) is 1. The number of carbonyl (C=O) groups is 1. The van der Waals surface area contributed by atoms with E-state index in [1.807, 2.05) is 6.07 Å². The van der Waals surface area contributed by atoms with Gasteiger partial charge in [0.2, 0.25) is 12.7 Å². The number of amides is 1. The van der Waals surface area contributed by atoms with E-state index in [2.05, 4.69) is 22.3 Å². The molecule has 1 saturated carbocycles. The fourth-order valence-electron chi connectivity index (χ4n) is 3.67. The quantitative estimate of drug-likeness (QED) is 0.902. The molecule has 1 N–H and O–H groups in total. The minimum atomic E-state index is 0.209. The Balaban J connectivity index is 1.52. The van der Waals surface area contributed by atoms with E-state index < -0.39 is 0 Å². The topological polar surface area (TPSA) is 50.8 Å². The zero-order chi connectivity index (χ0) is 16.4. The first-order chi connectivity index (χ1) is 11.8. The lowest BCUT2D eigenvalue weighted by molar-refractivity contribution is -0.122. The fourth-order valence-corrected chi connectivity index (χ4v) is 3.67. The maximum Gasteiger partial charge on any atom is 0.231 e. The predicted molar refractivity (Wildman–Crippen MR) is 91.1 cm³/mol. The third-order valence-electron chi connectivity index (χ3n) is 5.28. The molecule has 24 heavy (non-hydrogen) atoms. The lowest BCUT2D eigenvalue weighted by atomic mass is 10.0. The van der Waals surface area contributed by atoms with Crippen LogP contribution in [0.5, 0.6) is 11.5 Å². The molecule has 1 amide bonds. The van der Waals surface area contributed by atoms with E-state index in [0.717, 1.165) is 37.4 Å². The standard InChI is InChI=1S/C19H26N2O3/c22-19(14-5-6-14)20-12-16(21-9-3-1-2-4-10-21)15-7-8-17-18(11-15)24-13-23-17/h7-8,11,14,16H,1-6,9-10,12-13H2,(H,20,22). The minimum Gasteiger partial charge on any atom is -0.454 e. The number of rotatable bonds is 5. The van der Waals surface area contributed by atoms with Crippen molar-refractivity contribution in [1.29, 1.82) is 0 Å². The first-order valence-electron chi connectivity index (χ1n) is 9.22. The number of fused-ring (bicyclic) bond motifs is 1. The molecular weight excluding hydrogens is 304 g/mol. The maximum absolute atomic E-state index is 12.1. The van der Waals surface area contributed by atoms with Gasteiger partial charge in [0.1, 0.15) is 0 Å². The summed E-state index contributed by atoms with van der Waals surface area (Å²) in [6.07, 6.45) is 7.17. The highest BCUT2D eigenvalue weighted by molar-refractivity contribution is 5.80. The number of nitrogens with zero attached hydrogens (tertiary/aromatic N) is 1. The number of ether oxygens (including phenoxy) is 2. The molecule has 130 valence electrons. The summed E-state index contributed by atoms with van der Waals surface area (Å²) in [6, 6.07) is 6.40. The van der Waals surface area contributed by atoms with Gasteiger partial charge in [-0.25, -0.2) is 0 Å². The smallest absolute Gasteiger partial charge is 0.231 e. The largest absolute Gasteiger partial charge is 0.454 e. The molecule has 3 aliphatic rings. The van der Waals surface area contributed by atoms with Crippen LogP contribution in [0.3, 0.4) is 0 Å². The number of hydrogen-bond acceptors (Lipinski definition) is 4. The summed E-state index contributed by atoms with van der Waals surface area (Å²) in [7, 11) is 0. The predicted octanol–water partition coefficient (Wildman–Crippen LogP) is 2.86. The highest BCUT2D eigenvalue weighted by Crippen LogP contribution is 2.36. The van der Waals surface area contributed by atoms with Gasteiger partial charge in [-0.2, -0.15) is 0 Å². The van der Waals surface area contributed by atoms with Crippen LogP contribution in [0.2, 0.25) is 0 Å². The first-order valence-corrected chi connectivity index (χ1v) is 9.22. The van der Waals surface area contributed by atoms with Crippen LogP contribution in [0.25, 0.3) is 0 Å². The van der Waals surface area contributed by atoms with E-state index in [9.17, 15) is 4.79 Å². The highest BCUT2D eigenvalue weighted by atomic mass is 16.7. The molecule has 0 bridgehead atoms. The minimum absolute atomic E-state index is 0.209. The van der Waals surface area contributed by atoms with Crippen molar-refractivity contribution in [2.75, 3.05) is 26.4 Å². The molecule has 2 aliphatic heterocycles. The van der Waals surface area contributed by atoms with Crippen LogP contribution >= 0.6 is 0 Å². The van der Waals surface area contributed by atoms with E-state index in [1.165, 1.54) is 31.2 Å². The second-order valence-corrected chi connectivity index (χ2v) is 7.10. The van der Waals surface area contributed by atoms with Gasteiger partial charge in [0.05, 0.1) is 6.04 Å². The van der Waals surface area contributed by atoms with Gasteiger partial charge in [0, 0.05) is 12.5 Å². The number of likely N-dealkylation sites (tertiary alicyclic amines) is 1. The summed E-state index contributed by atoms with van der Waals surface area (Å²) >= 11 is 0. The highest BCUT2D eigenvalue weighted by Gasteiger charge is 2.31. The van der Waals surface area contributed by atoms with E-state index in [0.29, 0.717) is 13.3 Å². The van der Waals surface area contributed by atoms with Crippen molar-refractivity contribution in [3.63, 3.8) is 0 Å². The van der Waals surface area contributed by atoms with Crippen LogP contribution in [0.4, 0.5) is 0 Å². The first kappa shape index (κ1) is 15.8. The molecular formula is C19H26N2O3. The van der Waals surface area contributed by atoms with Gasteiger partial charge in [-0.15, -0.1) is 0 Å². The Morgan fingerprint density at radius 3 is 2.62 bits per heavy atom. The van der Waals surface area contributed by atoms with Gasteiger partial charge in [-0.1, -0.05) is 18.9 Å². The van der Waals surface area contributed by atoms with Crippen LogP contribution in [0.1, 0.15) is 50.1 Å². The van der Waals surface area contributed by atoms with Crippen molar-refractivity contribution < 1.29 is 14.3 Å². The van der Waals surface area contributed by atoms with Crippen molar-refractivity contribution in [2.24, 2.45) is 5.92 Å². The summed E-state index contributed by atoms with van der Waals surface area (Å²) in [5.74, 6) is 2.11. The fraction of sp³-hybridized carbons (Fsp3) is 0.632. The van der Waals surface area contributed by atoms with Crippen molar-refractivity contribution in [2.45, 2.75) is 44.6 Å². The molecule has 0 spiro atoms. The second kappa shape index (κ2) is 7.01. The van der Waals surface area contributed by atoms with Crippen LogP contribution in [-0.4, -0.2) is 37.2 Å². The SMILES string of the molecule is O=C(NCC(c1ccc2c(c1)OCO2)N1CCCCCC1)C1CC1. The Morgan fingerprint density at radius 2 is 1.88 bits per heavy atom. The molecule has 0 radical (unpaired) electrons. The Kier molecular flexibility index (Phi) is 4.60. The summed E-state index contributed by atoms with van der Waals surface area (Å²) in [5.41, 5.74) is 1.21. The molecule has 1 aliphatic carbocycles. The summed E-state index contributed by atoms with van der Waals surface area (Å²) in [6.45, 7) is 3.16. The molecule has 1 saturated heterocycles. The Morgan fingerprint density at radius 1 is 1.12 bits per heavy atom. The molecule has 5 heteroatoms. The van der Waals surface area contributed by atoms with Gasteiger partial charge in [-0.3, -0.25) is 9.69 Å². The molecule has 5 nitrogen and oxygen atoms in total. The van der Waals surface area contributed by atoms with E-state index in [4.69, 9.17) is 9.47 Å². The van der Waals surface area contributed by atoms with E-state index >= 15 is 0 Å². The van der Waals surface area contributed by atoms with Gasteiger partial charge < -0.3 is 14.8 Å². The average Bonchev–Trinajstić information content (AvgIpc) is 3.39.